The molecule has 306 valence electrons. The highest BCUT2D eigenvalue weighted by Crippen LogP contribution is 2.45. The molecule has 0 bridgehead atoms. The van der Waals surface area contributed by atoms with E-state index in [4.69, 9.17) is 15.0 Å². The van der Waals surface area contributed by atoms with Crippen molar-refractivity contribution in [3.05, 3.63) is 218 Å². The van der Waals surface area contributed by atoms with E-state index >= 15 is 0 Å². The fourth-order valence-corrected chi connectivity index (χ4v) is 11.3. The molecule has 14 aromatic rings. The van der Waals surface area contributed by atoms with E-state index in [-0.39, 0.29) is 0 Å². The molecule has 11 aromatic carbocycles. The van der Waals surface area contributed by atoms with Crippen molar-refractivity contribution >= 4 is 96.4 Å². The van der Waals surface area contributed by atoms with Crippen LogP contribution in [0.15, 0.2) is 218 Å². The molecule has 0 aliphatic heterocycles. The van der Waals surface area contributed by atoms with Crippen LogP contribution in [-0.2, 0) is 0 Å². The quantitative estimate of drug-likeness (QED) is 0.173. The number of thiophene rings is 1. The molecule has 3 heterocycles. The number of fused-ring (bicyclic) bond motifs is 11. The van der Waals surface area contributed by atoms with Crippen LogP contribution < -0.4 is 0 Å². The van der Waals surface area contributed by atoms with Gasteiger partial charge in [0, 0.05) is 47.6 Å². The lowest BCUT2D eigenvalue weighted by Gasteiger charge is -2.16. The van der Waals surface area contributed by atoms with Crippen molar-refractivity contribution in [2.24, 2.45) is 0 Å². The average molecular weight is 857 g/mol. The highest BCUT2D eigenvalue weighted by molar-refractivity contribution is 7.26. The van der Waals surface area contributed by atoms with E-state index in [9.17, 15) is 0 Å². The Morgan fingerprint density at radius 3 is 1.58 bits per heavy atom. The molecule has 0 amide bonds. The van der Waals surface area contributed by atoms with Crippen molar-refractivity contribution in [3.8, 4) is 51.0 Å². The third-order valence-electron chi connectivity index (χ3n) is 13.4. The maximum atomic E-state index is 5.48. The summed E-state index contributed by atoms with van der Waals surface area (Å²) in [6, 6.07) is 78.8. The normalized spacial score (nSPS) is 11.9. The predicted octanol–water partition coefficient (Wildman–Crippen LogP) is 16.6. The van der Waals surface area contributed by atoms with Crippen LogP contribution in [0.1, 0.15) is 0 Å². The Morgan fingerprint density at radius 2 is 0.818 bits per heavy atom. The zero-order chi connectivity index (χ0) is 43.3. The number of nitrogens with zero attached hydrogens (tertiary/aromatic N) is 4. The third kappa shape index (κ3) is 5.87. The van der Waals surface area contributed by atoms with Crippen molar-refractivity contribution in [1.82, 2.24) is 19.5 Å². The number of hydrogen-bond acceptors (Lipinski definition) is 4. The van der Waals surface area contributed by atoms with E-state index in [2.05, 4.69) is 223 Å². The number of hydrogen-bond donors (Lipinski definition) is 0. The SMILES string of the molecule is c1ccc(-c2ccc(-c3nc(-c4ccc5ccccc5c4)nc(-c4cc5sc6cc7ccccc7cc6c5cc4-n4c5cc6ccccc6cc5c5c6ccccc6ccc54)n3)cc2)cc1. The summed E-state index contributed by atoms with van der Waals surface area (Å²) in [6.45, 7) is 0. The molecular weight excluding hydrogens is 821 g/mol. The van der Waals surface area contributed by atoms with E-state index in [1.807, 2.05) is 11.3 Å². The first-order valence-electron chi connectivity index (χ1n) is 22.3. The standard InChI is InChI=1S/C61H36N4S/c1-2-12-37(13-3-1)39-22-25-41(26-23-39)59-62-60(47-27-24-38-14-4-5-16-42(38)30-47)64-61(63-59)52-36-57-50(49-31-43-17-7-9-20-46(43)34-56(49)66-57)35-55(52)65-53-29-28-40-15-10-11-21-48(40)58(53)51-32-44-18-6-8-19-45(44)33-54(51)65/h1-36H. The van der Waals surface area contributed by atoms with Crippen molar-refractivity contribution in [2.45, 2.75) is 0 Å². The fraction of sp³-hybridized carbons (Fsp3) is 0. The first kappa shape index (κ1) is 36.9. The van der Waals surface area contributed by atoms with Gasteiger partial charge in [-0.1, -0.05) is 170 Å². The lowest BCUT2D eigenvalue weighted by atomic mass is 10.0. The van der Waals surface area contributed by atoms with Gasteiger partial charge in [-0.15, -0.1) is 11.3 Å². The molecule has 0 atom stereocenters. The van der Waals surface area contributed by atoms with Gasteiger partial charge in [-0.05, 0) is 103 Å². The Bertz CT molecular complexity index is 4280. The van der Waals surface area contributed by atoms with Gasteiger partial charge in [0.05, 0.1) is 16.7 Å². The lowest BCUT2D eigenvalue weighted by Crippen LogP contribution is -2.04. The molecule has 0 spiro atoms. The fourth-order valence-electron chi connectivity index (χ4n) is 10.1. The summed E-state index contributed by atoms with van der Waals surface area (Å²) >= 11 is 1.82. The van der Waals surface area contributed by atoms with E-state index < -0.39 is 0 Å². The van der Waals surface area contributed by atoms with Gasteiger partial charge in [-0.2, -0.15) is 0 Å². The molecule has 0 aliphatic carbocycles. The van der Waals surface area contributed by atoms with Gasteiger partial charge in [0.1, 0.15) is 0 Å². The summed E-state index contributed by atoms with van der Waals surface area (Å²) in [5, 5.41) is 14.5. The van der Waals surface area contributed by atoms with Crippen molar-refractivity contribution in [1.29, 1.82) is 0 Å². The first-order valence-corrected chi connectivity index (χ1v) is 23.1. The molecule has 14 rings (SSSR count). The minimum Gasteiger partial charge on any atom is -0.308 e. The summed E-state index contributed by atoms with van der Waals surface area (Å²) in [5.41, 5.74) is 8.37. The van der Waals surface area contributed by atoms with Gasteiger partial charge in [0.25, 0.3) is 0 Å². The molecular formula is C61H36N4S. The highest BCUT2D eigenvalue weighted by Gasteiger charge is 2.23. The predicted molar refractivity (Wildman–Crippen MR) is 279 cm³/mol. The van der Waals surface area contributed by atoms with Crippen LogP contribution in [0.25, 0.3) is 136 Å². The minimum absolute atomic E-state index is 0.617. The molecule has 0 saturated heterocycles. The molecule has 5 heteroatoms. The van der Waals surface area contributed by atoms with Crippen molar-refractivity contribution in [3.63, 3.8) is 0 Å². The molecule has 0 unspecified atom stereocenters. The van der Waals surface area contributed by atoms with E-state index in [0.29, 0.717) is 17.5 Å². The number of rotatable bonds is 5. The zero-order valence-electron chi connectivity index (χ0n) is 35.5. The van der Waals surface area contributed by atoms with Crippen LogP contribution in [0, 0.1) is 0 Å². The van der Waals surface area contributed by atoms with Crippen LogP contribution in [0.4, 0.5) is 0 Å². The zero-order valence-corrected chi connectivity index (χ0v) is 36.3. The topological polar surface area (TPSA) is 43.6 Å². The highest BCUT2D eigenvalue weighted by atomic mass is 32.1. The molecule has 66 heavy (non-hydrogen) atoms. The van der Waals surface area contributed by atoms with Crippen LogP contribution in [0.5, 0.6) is 0 Å². The Balaban J connectivity index is 1.10. The summed E-state index contributed by atoms with van der Waals surface area (Å²) < 4.78 is 4.89. The molecule has 3 aromatic heterocycles. The second-order valence-electron chi connectivity index (χ2n) is 17.2. The Kier molecular flexibility index (Phi) is 8.12. The summed E-state index contributed by atoms with van der Waals surface area (Å²) in [5.74, 6) is 1.86. The van der Waals surface area contributed by atoms with Crippen LogP contribution >= 0.6 is 11.3 Å². The van der Waals surface area contributed by atoms with Crippen molar-refractivity contribution < 1.29 is 0 Å². The molecule has 4 nitrogen and oxygen atoms in total. The number of benzene rings is 11. The summed E-state index contributed by atoms with van der Waals surface area (Å²) in [6.07, 6.45) is 0. The van der Waals surface area contributed by atoms with Gasteiger partial charge >= 0.3 is 0 Å². The maximum Gasteiger partial charge on any atom is 0.166 e. The first-order chi connectivity index (χ1) is 32.7. The van der Waals surface area contributed by atoms with Gasteiger partial charge in [-0.25, -0.2) is 15.0 Å². The number of aromatic nitrogens is 4. The average Bonchev–Trinajstić information content (AvgIpc) is 3.90. The minimum atomic E-state index is 0.617. The largest absolute Gasteiger partial charge is 0.308 e. The molecule has 0 N–H and O–H groups in total. The summed E-state index contributed by atoms with van der Waals surface area (Å²) in [7, 11) is 0. The van der Waals surface area contributed by atoms with Crippen LogP contribution in [0.2, 0.25) is 0 Å². The van der Waals surface area contributed by atoms with Gasteiger partial charge in [0.2, 0.25) is 0 Å². The van der Waals surface area contributed by atoms with Crippen molar-refractivity contribution in [2.75, 3.05) is 0 Å². The molecule has 0 fully saturated rings. The molecule has 0 radical (unpaired) electrons. The van der Waals surface area contributed by atoms with E-state index in [1.54, 1.807) is 0 Å². The Morgan fingerprint density at radius 1 is 0.303 bits per heavy atom. The Hall–Kier alpha value is -8.51. The molecule has 0 aliphatic rings. The Labute approximate surface area is 383 Å². The van der Waals surface area contributed by atoms with Crippen LogP contribution in [0.3, 0.4) is 0 Å². The third-order valence-corrected chi connectivity index (χ3v) is 14.5. The second-order valence-corrected chi connectivity index (χ2v) is 18.3. The van der Waals surface area contributed by atoms with Gasteiger partial charge < -0.3 is 4.57 Å². The lowest BCUT2D eigenvalue weighted by molar-refractivity contribution is 1.07. The molecule has 0 saturated carbocycles. The second kappa shape index (κ2) is 14.5. The smallest absolute Gasteiger partial charge is 0.166 e. The van der Waals surface area contributed by atoms with Gasteiger partial charge in [0.15, 0.2) is 17.5 Å². The maximum absolute atomic E-state index is 5.48. The van der Waals surface area contributed by atoms with Crippen LogP contribution in [-0.4, -0.2) is 19.5 Å². The van der Waals surface area contributed by atoms with E-state index in [0.717, 1.165) is 49.9 Å². The van der Waals surface area contributed by atoms with E-state index in [1.165, 1.54) is 68.6 Å². The summed E-state index contributed by atoms with van der Waals surface area (Å²) in [4.78, 5) is 16.2. The monoisotopic (exact) mass is 856 g/mol. The van der Waals surface area contributed by atoms with Gasteiger partial charge in [-0.3, -0.25) is 0 Å².